The second-order valence-electron chi connectivity index (χ2n) is 7.97. The van der Waals surface area contributed by atoms with E-state index < -0.39 is 5.60 Å². The molecule has 5 rings (SSSR count). The van der Waals surface area contributed by atoms with Crippen molar-refractivity contribution >= 4 is 39.1 Å². The number of hydrazine groups is 1. The third-order valence-electron chi connectivity index (χ3n) is 5.80. The van der Waals surface area contributed by atoms with Gasteiger partial charge in [0.2, 0.25) is 5.91 Å². The summed E-state index contributed by atoms with van der Waals surface area (Å²) in [6.45, 7) is 0. The molecule has 0 radical (unpaired) electrons. The fourth-order valence-corrected chi connectivity index (χ4v) is 6.90. The first-order valence-corrected chi connectivity index (χ1v) is 10.0. The Morgan fingerprint density at radius 3 is 2.50 bits per heavy atom. The monoisotopic (exact) mass is 412 g/mol. The maximum absolute atomic E-state index is 12.4. The molecule has 1 heterocycles. The van der Waals surface area contributed by atoms with E-state index in [0.29, 0.717) is 23.1 Å². The van der Waals surface area contributed by atoms with Crippen LogP contribution in [0.3, 0.4) is 0 Å². The summed E-state index contributed by atoms with van der Waals surface area (Å²) in [5, 5.41) is 10.7. The van der Waals surface area contributed by atoms with Gasteiger partial charge in [-0.25, -0.2) is 0 Å². The Balaban J connectivity index is 1.35. The average molecular weight is 413 g/mol. The SMILES string of the molecule is O=C(CC12C[C@@H]3C[C@@H](CC(O)(C3)C1)C2)NNC(=O)c1ccc(Br)s1. The zero-order valence-corrected chi connectivity index (χ0v) is 15.7. The molecule has 4 saturated carbocycles. The number of halogens is 1. The lowest BCUT2D eigenvalue weighted by molar-refractivity contribution is -0.169. The van der Waals surface area contributed by atoms with Gasteiger partial charge in [-0.15, -0.1) is 11.3 Å². The Morgan fingerprint density at radius 2 is 1.92 bits per heavy atom. The number of rotatable bonds is 3. The molecule has 2 amide bonds. The summed E-state index contributed by atoms with van der Waals surface area (Å²) in [5.74, 6) is 0.650. The van der Waals surface area contributed by atoms with Crippen LogP contribution in [0.1, 0.15) is 54.6 Å². The predicted octanol–water partition coefficient (Wildman–Crippen LogP) is 2.99. The second kappa shape index (κ2) is 5.81. The highest BCUT2D eigenvalue weighted by Crippen LogP contribution is 2.62. The number of hydrogen-bond acceptors (Lipinski definition) is 4. The van der Waals surface area contributed by atoms with Crippen molar-refractivity contribution in [1.29, 1.82) is 0 Å². The van der Waals surface area contributed by atoms with Crippen LogP contribution < -0.4 is 10.9 Å². The molecular formula is C17H21BrN2O3S. The second-order valence-corrected chi connectivity index (χ2v) is 10.4. The molecule has 2 unspecified atom stereocenters. The molecule has 4 aliphatic carbocycles. The van der Waals surface area contributed by atoms with E-state index in [1.54, 1.807) is 12.1 Å². The smallest absolute Gasteiger partial charge is 0.279 e. The molecule has 130 valence electrons. The van der Waals surface area contributed by atoms with Crippen molar-refractivity contribution < 1.29 is 14.7 Å². The number of carbonyl (C=O) groups is 2. The van der Waals surface area contributed by atoms with Gasteiger partial charge in [-0.2, -0.15) is 0 Å². The van der Waals surface area contributed by atoms with Crippen LogP contribution in [-0.2, 0) is 4.79 Å². The quantitative estimate of drug-likeness (QED) is 0.667. The zero-order valence-electron chi connectivity index (χ0n) is 13.3. The molecule has 1 aromatic rings. The van der Waals surface area contributed by atoms with Crippen molar-refractivity contribution in [3.05, 3.63) is 20.8 Å². The molecule has 4 atom stereocenters. The molecule has 0 saturated heterocycles. The summed E-state index contributed by atoms with van der Waals surface area (Å²) in [5.41, 5.74) is 4.40. The molecule has 4 bridgehead atoms. The van der Waals surface area contributed by atoms with E-state index in [-0.39, 0.29) is 17.2 Å². The van der Waals surface area contributed by atoms with Crippen LogP contribution in [0.25, 0.3) is 0 Å². The van der Waals surface area contributed by atoms with Crippen LogP contribution in [0.4, 0.5) is 0 Å². The van der Waals surface area contributed by atoms with Gasteiger partial charge in [-0.3, -0.25) is 20.4 Å². The van der Waals surface area contributed by atoms with Crippen molar-refractivity contribution in [3.8, 4) is 0 Å². The number of nitrogens with one attached hydrogen (secondary N) is 2. The summed E-state index contributed by atoms with van der Waals surface area (Å²) in [7, 11) is 0. The first-order chi connectivity index (χ1) is 11.3. The average Bonchev–Trinajstić information content (AvgIpc) is 2.88. The summed E-state index contributed by atoms with van der Waals surface area (Å²) < 4.78 is 0.876. The Hall–Kier alpha value is -0.920. The van der Waals surface area contributed by atoms with Gasteiger partial charge < -0.3 is 5.11 Å². The van der Waals surface area contributed by atoms with Gasteiger partial charge in [-0.1, -0.05) is 0 Å². The normalized spacial score (nSPS) is 36.6. The Bertz CT molecular complexity index is 675. The topological polar surface area (TPSA) is 78.4 Å². The number of amides is 2. The van der Waals surface area contributed by atoms with Crippen molar-refractivity contribution in [2.45, 2.75) is 50.5 Å². The van der Waals surface area contributed by atoms with Crippen molar-refractivity contribution in [3.63, 3.8) is 0 Å². The number of thiophene rings is 1. The third-order valence-corrected chi connectivity index (χ3v) is 7.42. The molecule has 0 aliphatic heterocycles. The largest absolute Gasteiger partial charge is 0.390 e. The van der Waals surface area contributed by atoms with Crippen LogP contribution in [0.5, 0.6) is 0 Å². The highest BCUT2D eigenvalue weighted by Gasteiger charge is 2.57. The van der Waals surface area contributed by atoms with E-state index in [9.17, 15) is 14.7 Å². The lowest BCUT2D eigenvalue weighted by atomic mass is 9.47. The van der Waals surface area contributed by atoms with Gasteiger partial charge >= 0.3 is 0 Å². The highest BCUT2D eigenvalue weighted by molar-refractivity contribution is 9.11. The first kappa shape index (κ1) is 16.5. The molecule has 0 aromatic carbocycles. The van der Waals surface area contributed by atoms with E-state index in [0.717, 1.165) is 35.9 Å². The molecule has 3 N–H and O–H groups in total. The van der Waals surface area contributed by atoms with Gasteiger partial charge in [0, 0.05) is 6.42 Å². The molecule has 5 nitrogen and oxygen atoms in total. The Labute approximate surface area is 153 Å². The zero-order chi connectivity index (χ0) is 16.9. The van der Waals surface area contributed by atoms with Gasteiger partial charge in [0.1, 0.15) is 0 Å². The Morgan fingerprint density at radius 1 is 1.21 bits per heavy atom. The standard InChI is InChI=1S/C17H21BrN2O3S/c18-13-2-1-12(24-13)15(22)20-19-14(21)8-16-4-10-3-11(5-16)7-17(23,6-10)9-16/h1-2,10-11,23H,3-9H2,(H,19,21)(H,20,22)/t10-,11+,16?,17?. The van der Waals surface area contributed by atoms with Crippen LogP contribution in [-0.4, -0.2) is 22.5 Å². The molecule has 4 fully saturated rings. The lowest BCUT2D eigenvalue weighted by Crippen LogP contribution is -2.57. The maximum atomic E-state index is 12.4. The summed E-state index contributed by atoms with van der Waals surface area (Å²) in [6.07, 6.45) is 6.18. The first-order valence-electron chi connectivity index (χ1n) is 8.42. The van der Waals surface area contributed by atoms with Crippen LogP contribution >= 0.6 is 27.3 Å². The van der Waals surface area contributed by atoms with Gasteiger partial charge in [-0.05, 0) is 83.8 Å². The summed E-state index contributed by atoms with van der Waals surface area (Å²) in [4.78, 5) is 24.9. The van der Waals surface area contributed by atoms with Crippen LogP contribution in [0, 0.1) is 17.3 Å². The lowest BCUT2D eigenvalue weighted by Gasteiger charge is -2.60. The number of hydrogen-bond donors (Lipinski definition) is 3. The molecule has 0 spiro atoms. The Kier molecular flexibility index (Phi) is 4.01. The predicted molar refractivity (Wildman–Crippen MR) is 94.3 cm³/mol. The minimum Gasteiger partial charge on any atom is -0.390 e. The molecule has 7 heteroatoms. The fraction of sp³-hybridized carbons (Fsp3) is 0.647. The van der Waals surface area contributed by atoms with Gasteiger partial charge in [0.05, 0.1) is 14.3 Å². The van der Waals surface area contributed by atoms with E-state index in [4.69, 9.17) is 0 Å². The van der Waals surface area contributed by atoms with E-state index >= 15 is 0 Å². The van der Waals surface area contributed by atoms with Crippen molar-refractivity contribution in [1.82, 2.24) is 10.9 Å². The fourth-order valence-electron chi connectivity index (χ4n) is 5.62. The molecule has 1 aromatic heterocycles. The molecular weight excluding hydrogens is 392 g/mol. The number of carbonyl (C=O) groups excluding carboxylic acids is 2. The molecule has 24 heavy (non-hydrogen) atoms. The van der Waals surface area contributed by atoms with E-state index in [1.165, 1.54) is 17.8 Å². The summed E-state index contributed by atoms with van der Waals surface area (Å²) in [6, 6.07) is 3.52. The van der Waals surface area contributed by atoms with Gasteiger partial charge in [0.15, 0.2) is 0 Å². The van der Waals surface area contributed by atoms with Crippen molar-refractivity contribution in [2.24, 2.45) is 17.3 Å². The third kappa shape index (κ3) is 3.13. The number of aliphatic hydroxyl groups is 1. The van der Waals surface area contributed by atoms with Crippen LogP contribution in [0.2, 0.25) is 0 Å². The molecule has 4 aliphatic rings. The van der Waals surface area contributed by atoms with Crippen molar-refractivity contribution in [2.75, 3.05) is 0 Å². The highest BCUT2D eigenvalue weighted by atomic mass is 79.9. The minimum absolute atomic E-state index is 0.0837. The van der Waals surface area contributed by atoms with Crippen LogP contribution in [0.15, 0.2) is 15.9 Å². The summed E-state index contributed by atoms with van der Waals surface area (Å²) >= 11 is 4.64. The minimum atomic E-state index is -0.559. The van der Waals surface area contributed by atoms with Gasteiger partial charge in [0.25, 0.3) is 5.91 Å². The maximum Gasteiger partial charge on any atom is 0.279 e. The van der Waals surface area contributed by atoms with E-state index in [2.05, 4.69) is 26.8 Å². The van der Waals surface area contributed by atoms with E-state index in [1.807, 2.05) is 0 Å².